The van der Waals surface area contributed by atoms with Gasteiger partial charge < -0.3 is 19.1 Å². The average Bonchev–Trinajstić information content (AvgIpc) is 3.59. The van der Waals surface area contributed by atoms with E-state index in [-0.39, 0.29) is 18.0 Å². The molecule has 1 saturated heterocycles. The number of pyridine rings is 1. The maximum Gasteiger partial charge on any atom is 0.410 e. The Hall–Kier alpha value is -3.35. The number of carbonyl (C=O) groups is 2. The Kier molecular flexibility index (Phi) is 6.99. The lowest BCUT2D eigenvalue weighted by Crippen LogP contribution is -2.55. The lowest BCUT2D eigenvalue weighted by atomic mass is 10.0. The summed E-state index contributed by atoms with van der Waals surface area (Å²) >= 11 is 0. The minimum Gasteiger partial charge on any atom is -0.449 e. The first kappa shape index (κ1) is 24.3. The van der Waals surface area contributed by atoms with Crippen molar-refractivity contribution in [3.63, 3.8) is 0 Å². The average molecular weight is 489 g/mol. The summed E-state index contributed by atoms with van der Waals surface area (Å²) in [6, 6.07) is 10.6. The molecule has 0 bridgehead atoms. The molecule has 3 heterocycles. The lowest BCUT2D eigenvalue weighted by molar-refractivity contribution is 0.0412. The van der Waals surface area contributed by atoms with Gasteiger partial charge in [0.1, 0.15) is 0 Å². The molecule has 3 aromatic rings. The van der Waals surface area contributed by atoms with Crippen LogP contribution in [0.25, 0.3) is 22.2 Å². The number of aromatic nitrogens is 2. The highest BCUT2D eigenvalue weighted by atomic mass is 16.6. The topological polar surface area (TPSA) is 67.7 Å². The summed E-state index contributed by atoms with van der Waals surface area (Å²) in [5.41, 5.74) is 4.66. The second kappa shape index (κ2) is 10.3. The first-order valence-corrected chi connectivity index (χ1v) is 13.3. The van der Waals surface area contributed by atoms with E-state index >= 15 is 0 Å². The van der Waals surface area contributed by atoms with Crippen LogP contribution in [-0.4, -0.2) is 63.6 Å². The van der Waals surface area contributed by atoms with E-state index < -0.39 is 0 Å². The molecular weight excluding hydrogens is 452 g/mol. The number of carbonyl (C=O) groups excluding carboxylic acids is 2. The number of hydrogen-bond donors (Lipinski definition) is 0. The van der Waals surface area contributed by atoms with Crippen LogP contribution in [0.15, 0.2) is 42.7 Å². The van der Waals surface area contributed by atoms with Crippen LogP contribution in [0.4, 0.5) is 4.79 Å². The molecule has 5 rings (SSSR count). The lowest BCUT2D eigenvalue weighted by Gasteiger charge is -2.39. The molecule has 2 fully saturated rings. The number of fused-ring (bicyclic) bond motifs is 1. The molecule has 7 nitrogen and oxygen atoms in total. The number of rotatable bonds is 5. The molecular formula is C29H36N4O3. The van der Waals surface area contributed by atoms with E-state index in [9.17, 15) is 9.59 Å². The zero-order chi connectivity index (χ0) is 25.2. The third-order valence-electron chi connectivity index (χ3n) is 7.60. The molecule has 0 radical (unpaired) electrons. The molecule has 0 N–H and O–H groups in total. The first-order chi connectivity index (χ1) is 17.4. The van der Waals surface area contributed by atoms with Crippen molar-refractivity contribution in [3.05, 3.63) is 53.9 Å². The molecule has 0 spiro atoms. The highest BCUT2D eigenvalue weighted by molar-refractivity contribution is 5.99. The molecule has 1 atom stereocenters. The van der Waals surface area contributed by atoms with Crippen molar-refractivity contribution in [3.8, 4) is 11.3 Å². The van der Waals surface area contributed by atoms with Gasteiger partial charge in [0.25, 0.3) is 5.91 Å². The van der Waals surface area contributed by atoms with Crippen LogP contribution < -0.4 is 0 Å². The van der Waals surface area contributed by atoms with E-state index in [1.54, 1.807) is 4.90 Å². The minimum absolute atomic E-state index is 0.0254. The van der Waals surface area contributed by atoms with Gasteiger partial charge in [0, 0.05) is 60.6 Å². The summed E-state index contributed by atoms with van der Waals surface area (Å²) in [5, 5.41) is 1.06. The van der Waals surface area contributed by atoms with Crippen LogP contribution in [0.1, 0.15) is 67.9 Å². The van der Waals surface area contributed by atoms with Crippen LogP contribution in [0, 0.1) is 6.92 Å². The summed E-state index contributed by atoms with van der Waals surface area (Å²) in [6.07, 6.45) is 9.99. The molecule has 190 valence electrons. The fraction of sp³-hybridized carbons (Fsp3) is 0.483. The van der Waals surface area contributed by atoms with Crippen LogP contribution in [-0.2, 0) is 4.74 Å². The van der Waals surface area contributed by atoms with Gasteiger partial charge >= 0.3 is 6.09 Å². The van der Waals surface area contributed by atoms with Gasteiger partial charge in [0.2, 0.25) is 0 Å². The van der Waals surface area contributed by atoms with Gasteiger partial charge in [0.15, 0.2) is 0 Å². The van der Waals surface area contributed by atoms with E-state index in [0.29, 0.717) is 37.8 Å². The number of ether oxygens (including phenoxy) is 1. The number of amides is 2. The molecule has 1 saturated carbocycles. The van der Waals surface area contributed by atoms with Gasteiger partial charge in [-0.2, -0.15) is 0 Å². The second-order valence-corrected chi connectivity index (χ2v) is 10.2. The SMILES string of the molecule is CCCOC(=O)N1CCN(C(=O)c2ccc3c(C)cc(-c4ccn(C5CCCC5)c4)nc3c2)CC1C. The smallest absolute Gasteiger partial charge is 0.410 e. The number of hydrogen-bond acceptors (Lipinski definition) is 4. The third kappa shape index (κ3) is 4.84. The molecule has 2 aromatic heterocycles. The van der Waals surface area contributed by atoms with Crippen LogP contribution in [0.2, 0.25) is 0 Å². The molecule has 1 aliphatic carbocycles. The molecule has 36 heavy (non-hydrogen) atoms. The van der Waals surface area contributed by atoms with E-state index in [1.807, 2.05) is 36.9 Å². The molecule has 1 unspecified atom stereocenters. The number of aryl methyl sites for hydroxylation is 1. The number of benzene rings is 1. The Labute approximate surface area is 213 Å². The van der Waals surface area contributed by atoms with Crippen molar-refractivity contribution < 1.29 is 14.3 Å². The molecule has 7 heteroatoms. The maximum absolute atomic E-state index is 13.4. The van der Waals surface area contributed by atoms with Crippen molar-refractivity contribution in [2.24, 2.45) is 0 Å². The van der Waals surface area contributed by atoms with Crippen LogP contribution in [0.3, 0.4) is 0 Å². The molecule has 2 aliphatic rings. The quantitative estimate of drug-likeness (QED) is 0.454. The van der Waals surface area contributed by atoms with Crippen LogP contribution >= 0.6 is 0 Å². The summed E-state index contributed by atoms with van der Waals surface area (Å²) in [4.78, 5) is 34.2. The van der Waals surface area contributed by atoms with Crippen molar-refractivity contribution in [2.45, 2.75) is 65.0 Å². The van der Waals surface area contributed by atoms with Crippen molar-refractivity contribution in [2.75, 3.05) is 26.2 Å². The number of piperazine rings is 1. The van der Waals surface area contributed by atoms with Crippen LogP contribution in [0.5, 0.6) is 0 Å². The van der Waals surface area contributed by atoms with Gasteiger partial charge in [0.05, 0.1) is 17.8 Å². The Morgan fingerprint density at radius 1 is 1.11 bits per heavy atom. The highest BCUT2D eigenvalue weighted by Gasteiger charge is 2.31. The molecule has 1 aliphatic heterocycles. The summed E-state index contributed by atoms with van der Waals surface area (Å²) in [5.74, 6) is -0.0254. The standard InChI is InChI=1S/C29H36N4O3/c1-4-15-36-29(35)33-14-13-32(18-21(33)3)28(34)22-9-10-25-20(2)16-26(30-27(25)17-22)23-11-12-31(19-23)24-7-5-6-8-24/h9-12,16-17,19,21,24H,4-8,13-15,18H2,1-3H3. The largest absolute Gasteiger partial charge is 0.449 e. The highest BCUT2D eigenvalue weighted by Crippen LogP contribution is 2.32. The van der Waals surface area contributed by atoms with E-state index in [4.69, 9.17) is 9.72 Å². The van der Waals surface area contributed by atoms with E-state index in [0.717, 1.165) is 34.1 Å². The monoisotopic (exact) mass is 488 g/mol. The first-order valence-electron chi connectivity index (χ1n) is 13.3. The predicted octanol–water partition coefficient (Wildman–Crippen LogP) is 5.82. The van der Waals surface area contributed by atoms with Crippen molar-refractivity contribution in [1.82, 2.24) is 19.4 Å². The van der Waals surface area contributed by atoms with Gasteiger partial charge in [-0.1, -0.05) is 25.8 Å². The van der Waals surface area contributed by atoms with Crippen molar-refractivity contribution >= 4 is 22.9 Å². The summed E-state index contributed by atoms with van der Waals surface area (Å²) < 4.78 is 7.63. The normalized spacial score (nSPS) is 18.7. The van der Waals surface area contributed by atoms with Crippen molar-refractivity contribution in [1.29, 1.82) is 0 Å². The minimum atomic E-state index is -0.295. The Morgan fingerprint density at radius 2 is 1.92 bits per heavy atom. The second-order valence-electron chi connectivity index (χ2n) is 10.2. The van der Waals surface area contributed by atoms with Gasteiger partial charge in [-0.25, -0.2) is 9.78 Å². The summed E-state index contributed by atoms with van der Waals surface area (Å²) in [7, 11) is 0. The Balaban J connectivity index is 1.34. The maximum atomic E-state index is 13.4. The van der Waals surface area contributed by atoms with Gasteiger partial charge in [-0.15, -0.1) is 0 Å². The zero-order valence-corrected chi connectivity index (χ0v) is 21.6. The van der Waals surface area contributed by atoms with E-state index in [1.165, 1.54) is 25.7 Å². The molecule has 2 amide bonds. The molecule has 1 aromatic carbocycles. The zero-order valence-electron chi connectivity index (χ0n) is 21.6. The third-order valence-corrected chi connectivity index (χ3v) is 7.60. The van der Waals surface area contributed by atoms with E-state index in [2.05, 4.69) is 36.0 Å². The fourth-order valence-corrected chi connectivity index (χ4v) is 5.55. The van der Waals surface area contributed by atoms with Gasteiger partial charge in [-0.3, -0.25) is 4.79 Å². The fourth-order valence-electron chi connectivity index (χ4n) is 5.55. The predicted molar refractivity (Wildman–Crippen MR) is 141 cm³/mol. The van der Waals surface area contributed by atoms with Gasteiger partial charge in [-0.05, 0) is 62.9 Å². The Bertz CT molecular complexity index is 1260. The Morgan fingerprint density at radius 3 is 2.67 bits per heavy atom. The number of nitrogens with zero attached hydrogens (tertiary/aromatic N) is 4. The summed E-state index contributed by atoms with van der Waals surface area (Å²) in [6.45, 7) is 7.90.